The molecule has 2 amide bonds. The smallest absolute Gasteiger partial charge is 0.384 e. The Morgan fingerprint density at radius 2 is 1.76 bits per heavy atom. The van der Waals surface area contributed by atoms with Gasteiger partial charge in [0.1, 0.15) is 5.84 Å². The number of nitrogens with one attached hydrogen (secondary N) is 2. The van der Waals surface area contributed by atoms with Crippen LogP contribution in [0.25, 0.3) is 0 Å². The van der Waals surface area contributed by atoms with Gasteiger partial charge in [-0.2, -0.15) is 18.2 Å². The molecule has 1 saturated heterocycles. The van der Waals surface area contributed by atoms with Crippen molar-refractivity contribution in [3.05, 3.63) is 101 Å². The highest BCUT2D eigenvalue weighted by atomic mass is 35.5. The Morgan fingerprint density at radius 3 is 2.49 bits per heavy atom. The highest BCUT2D eigenvalue weighted by molar-refractivity contribution is 6.17. The number of benzene rings is 3. The number of rotatable bonds is 8. The van der Waals surface area contributed by atoms with Crippen molar-refractivity contribution in [3.8, 4) is 0 Å². The molecule has 1 aliphatic rings. The third-order valence-electron chi connectivity index (χ3n) is 6.47. The van der Waals surface area contributed by atoms with E-state index in [0.29, 0.717) is 5.56 Å². The molecule has 1 aliphatic heterocycles. The van der Waals surface area contributed by atoms with E-state index in [2.05, 4.69) is 20.5 Å². The van der Waals surface area contributed by atoms with Crippen LogP contribution in [0.1, 0.15) is 51.1 Å². The van der Waals surface area contributed by atoms with E-state index in [4.69, 9.17) is 17.3 Å². The van der Waals surface area contributed by atoms with Crippen LogP contribution < -0.4 is 21.3 Å². The van der Waals surface area contributed by atoms with E-state index in [1.54, 1.807) is 36.4 Å². The minimum atomic E-state index is -4.48. The summed E-state index contributed by atoms with van der Waals surface area (Å²) >= 11 is 5.90. The van der Waals surface area contributed by atoms with Crippen LogP contribution in [-0.2, 0) is 12.1 Å². The lowest BCUT2D eigenvalue weighted by Gasteiger charge is -2.29. The summed E-state index contributed by atoms with van der Waals surface area (Å²) in [7, 11) is 0. The first-order valence-corrected chi connectivity index (χ1v) is 13.5. The molecule has 0 atom stereocenters. The molecule has 11 heteroatoms. The van der Waals surface area contributed by atoms with Gasteiger partial charge in [-0.25, -0.2) is 0 Å². The summed E-state index contributed by atoms with van der Waals surface area (Å²) in [6, 6.07) is 16.7. The summed E-state index contributed by atoms with van der Waals surface area (Å²) < 4.78 is 38.9. The molecule has 0 spiro atoms. The van der Waals surface area contributed by atoms with Gasteiger partial charge in [-0.15, -0.1) is 11.6 Å². The number of piperidine rings is 1. The maximum Gasteiger partial charge on any atom is 0.416 e. The fourth-order valence-corrected chi connectivity index (χ4v) is 4.55. The number of carbonyl (C=O) groups is 2. The van der Waals surface area contributed by atoms with Crippen molar-refractivity contribution >= 4 is 46.3 Å². The number of nitrogens with two attached hydrogens (primary N) is 1. The largest absolute Gasteiger partial charge is 0.416 e. The third kappa shape index (κ3) is 8.11. The molecule has 7 nitrogen and oxygen atoms in total. The molecule has 41 heavy (non-hydrogen) atoms. The van der Waals surface area contributed by atoms with Gasteiger partial charge in [0.25, 0.3) is 11.8 Å². The number of alkyl halides is 4. The van der Waals surface area contributed by atoms with E-state index in [0.717, 1.165) is 55.7 Å². The first-order chi connectivity index (χ1) is 19.6. The Labute approximate surface area is 240 Å². The molecular weight excluding hydrogens is 555 g/mol. The summed E-state index contributed by atoms with van der Waals surface area (Å²) in [5.41, 5.74) is 7.73. The van der Waals surface area contributed by atoms with E-state index in [-0.39, 0.29) is 28.7 Å². The first kappa shape index (κ1) is 29.7. The predicted octanol–water partition coefficient (Wildman–Crippen LogP) is 6.81. The van der Waals surface area contributed by atoms with E-state index in [1.165, 1.54) is 24.4 Å². The number of hydrogen-bond acceptors (Lipinski definition) is 4. The number of nitrogens with zero attached hydrogens (tertiary/aromatic N) is 2. The fourth-order valence-electron chi connectivity index (χ4n) is 4.38. The zero-order valence-corrected chi connectivity index (χ0v) is 22.8. The van der Waals surface area contributed by atoms with Gasteiger partial charge < -0.3 is 21.3 Å². The predicted molar refractivity (Wildman–Crippen MR) is 157 cm³/mol. The van der Waals surface area contributed by atoms with Gasteiger partial charge in [0.05, 0.1) is 16.8 Å². The second-order valence-electron chi connectivity index (χ2n) is 9.46. The molecule has 4 rings (SSSR count). The normalized spacial score (nSPS) is 14.2. The molecule has 0 bridgehead atoms. The van der Waals surface area contributed by atoms with Gasteiger partial charge >= 0.3 is 6.18 Å². The van der Waals surface area contributed by atoms with Crippen LogP contribution in [0.15, 0.2) is 84.0 Å². The quantitative estimate of drug-likeness (QED) is 0.154. The molecule has 0 saturated carbocycles. The fraction of sp³-hybridized carbons (Fsp3) is 0.233. The Hall–Kier alpha value is -4.31. The van der Waals surface area contributed by atoms with Crippen molar-refractivity contribution in [2.75, 3.05) is 28.6 Å². The third-order valence-corrected chi connectivity index (χ3v) is 6.78. The first-order valence-electron chi connectivity index (χ1n) is 13.0. The average molecular weight is 584 g/mol. The molecular formula is C30H29ClF3N5O2. The number of amides is 2. The molecule has 3 aromatic carbocycles. The van der Waals surface area contributed by atoms with Crippen LogP contribution in [0.4, 0.5) is 30.2 Å². The minimum Gasteiger partial charge on any atom is -0.384 e. The van der Waals surface area contributed by atoms with Crippen LogP contribution in [0, 0.1) is 0 Å². The number of halogens is 4. The monoisotopic (exact) mass is 583 g/mol. The zero-order chi connectivity index (χ0) is 29.4. The standard InChI is InChI=1S/C30H29ClF3N5O2/c31-19-20-6-4-7-21(16-20)28(40)37-26-11-10-24(39-14-2-1-3-15-39)18-25(26)29(41)38-27(35)12-13-36-23-9-5-8-22(17-23)30(32,33)34/h4-13,16-18,36H,1-3,14-15,19H2,(H,37,40)(H2,35,38,41). The number of aliphatic imine (C=N–C) groups is 1. The topological polar surface area (TPSA) is 99.8 Å². The van der Waals surface area contributed by atoms with Crippen molar-refractivity contribution in [1.82, 2.24) is 0 Å². The van der Waals surface area contributed by atoms with Gasteiger partial charge in [0.2, 0.25) is 0 Å². The molecule has 0 aliphatic carbocycles. The van der Waals surface area contributed by atoms with Crippen molar-refractivity contribution in [2.24, 2.45) is 10.7 Å². The number of amidine groups is 1. The maximum atomic E-state index is 13.3. The molecule has 1 heterocycles. The SMILES string of the molecule is NC(C=CNc1cccc(C(F)(F)F)c1)=NC(=O)c1cc(N2CCCCC2)ccc1NC(=O)c1cccc(CCl)c1. The molecule has 0 unspecified atom stereocenters. The van der Waals surface area contributed by atoms with Gasteiger partial charge in [-0.1, -0.05) is 18.2 Å². The average Bonchev–Trinajstić information content (AvgIpc) is 2.97. The van der Waals surface area contributed by atoms with Crippen LogP contribution in [0.5, 0.6) is 0 Å². The van der Waals surface area contributed by atoms with Gasteiger partial charge in [-0.05, 0) is 79.4 Å². The summed E-state index contributed by atoms with van der Waals surface area (Å²) in [5, 5.41) is 5.48. The van der Waals surface area contributed by atoms with Crippen molar-refractivity contribution in [1.29, 1.82) is 0 Å². The van der Waals surface area contributed by atoms with Crippen LogP contribution in [-0.4, -0.2) is 30.7 Å². The Bertz CT molecular complexity index is 1470. The molecule has 0 radical (unpaired) electrons. The lowest BCUT2D eigenvalue weighted by molar-refractivity contribution is -0.137. The van der Waals surface area contributed by atoms with Gasteiger partial charge in [0.15, 0.2) is 0 Å². The van der Waals surface area contributed by atoms with E-state index in [9.17, 15) is 22.8 Å². The van der Waals surface area contributed by atoms with Crippen LogP contribution in [0.2, 0.25) is 0 Å². The zero-order valence-electron chi connectivity index (χ0n) is 22.0. The molecule has 214 valence electrons. The summed E-state index contributed by atoms with van der Waals surface area (Å²) in [6.45, 7) is 1.69. The highest BCUT2D eigenvalue weighted by Gasteiger charge is 2.30. The lowest BCUT2D eigenvalue weighted by Crippen LogP contribution is -2.29. The van der Waals surface area contributed by atoms with E-state index >= 15 is 0 Å². The minimum absolute atomic E-state index is 0.150. The second kappa shape index (κ2) is 13.4. The van der Waals surface area contributed by atoms with Gasteiger partial charge in [0, 0.05) is 42.1 Å². The van der Waals surface area contributed by atoms with Crippen LogP contribution >= 0.6 is 11.6 Å². The van der Waals surface area contributed by atoms with Crippen molar-refractivity contribution in [2.45, 2.75) is 31.3 Å². The van der Waals surface area contributed by atoms with Crippen molar-refractivity contribution < 1.29 is 22.8 Å². The second-order valence-corrected chi connectivity index (χ2v) is 9.73. The maximum absolute atomic E-state index is 13.3. The number of carbonyl (C=O) groups excluding carboxylic acids is 2. The summed E-state index contributed by atoms with van der Waals surface area (Å²) in [5.74, 6) is -1.03. The van der Waals surface area contributed by atoms with E-state index < -0.39 is 23.6 Å². The Kier molecular flexibility index (Phi) is 9.67. The van der Waals surface area contributed by atoms with Gasteiger partial charge in [-0.3, -0.25) is 9.59 Å². The number of anilines is 3. The molecule has 3 aromatic rings. The summed E-state index contributed by atoms with van der Waals surface area (Å²) in [6.07, 6.45) is 1.29. The summed E-state index contributed by atoms with van der Waals surface area (Å²) in [4.78, 5) is 32.4. The lowest BCUT2D eigenvalue weighted by atomic mass is 10.1. The van der Waals surface area contributed by atoms with Crippen molar-refractivity contribution in [3.63, 3.8) is 0 Å². The molecule has 0 aromatic heterocycles. The Morgan fingerprint density at radius 1 is 1.00 bits per heavy atom. The number of hydrogen-bond donors (Lipinski definition) is 3. The highest BCUT2D eigenvalue weighted by Crippen LogP contribution is 2.31. The van der Waals surface area contributed by atoms with Crippen LogP contribution in [0.3, 0.4) is 0 Å². The van der Waals surface area contributed by atoms with E-state index in [1.807, 2.05) is 6.07 Å². The Balaban J connectivity index is 1.56. The molecule has 1 fully saturated rings. The molecule has 4 N–H and O–H groups in total.